The molecule has 0 aliphatic carbocycles. The molecule has 10 heteroatoms. The number of benzene rings is 2. The lowest BCUT2D eigenvalue weighted by atomic mass is 10.0. The van der Waals surface area contributed by atoms with Gasteiger partial charge in [-0.1, -0.05) is 24.3 Å². The van der Waals surface area contributed by atoms with Crippen LogP contribution in [-0.2, 0) is 14.6 Å². The predicted molar refractivity (Wildman–Crippen MR) is 108 cm³/mol. The summed E-state index contributed by atoms with van der Waals surface area (Å²) < 4.78 is 62.9. The van der Waals surface area contributed by atoms with Crippen molar-refractivity contribution in [2.45, 2.75) is 36.2 Å². The summed E-state index contributed by atoms with van der Waals surface area (Å²) in [5.74, 6) is -0.555. The zero-order valence-electron chi connectivity index (χ0n) is 16.7. The van der Waals surface area contributed by atoms with E-state index >= 15 is 0 Å². The molecule has 1 fully saturated rings. The quantitative estimate of drug-likeness (QED) is 0.707. The van der Waals surface area contributed by atoms with Crippen LogP contribution in [0.1, 0.15) is 30.1 Å². The topological polar surface area (TPSA) is 74.8 Å². The molecule has 2 aromatic carbocycles. The summed E-state index contributed by atoms with van der Waals surface area (Å²) in [6.07, 6.45) is 0.822. The van der Waals surface area contributed by atoms with E-state index in [9.17, 15) is 31.2 Å². The van der Waals surface area contributed by atoms with E-state index in [1.165, 1.54) is 24.0 Å². The van der Waals surface area contributed by atoms with Gasteiger partial charge in [-0.3, -0.25) is 9.59 Å². The lowest BCUT2D eigenvalue weighted by molar-refractivity contribution is -0.129. The van der Waals surface area contributed by atoms with Crippen molar-refractivity contribution in [3.63, 3.8) is 0 Å². The van der Waals surface area contributed by atoms with Crippen LogP contribution in [0, 0.1) is 0 Å². The van der Waals surface area contributed by atoms with E-state index in [4.69, 9.17) is 0 Å². The number of halogens is 3. The molecule has 31 heavy (non-hydrogen) atoms. The van der Waals surface area contributed by atoms with Gasteiger partial charge in [0.15, 0.2) is 0 Å². The Hall–Kier alpha value is -2.88. The summed E-state index contributed by atoms with van der Waals surface area (Å²) in [7, 11) is -5.56. The molecule has 1 aliphatic heterocycles. The highest BCUT2D eigenvalue weighted by molar-refractivity contribution is 7.92. The minimum absolute atomic E-state index is 0.0560. The summed E-state index contributed by atoms with van der Waals surface area (Å²) in [6, 6.07) is 12.1. The molecule has 2 amide bonds. The monoisotopic (exact) mass is 454 g/mol. The Labute approximate surface area is 178 Å². The zero-order chi connectivity index (χ0) is 22.8. The van der Waals surface area contributed by atoms with Crippen molar-refractivity contribution in [2.75, 3.05) is 18.0 Å². The molecule has 0 radical (unpaired) electrons. The number of amides is 2. The Kier molecular flexibility index (Phi) is 6.40. The Balaban J connectivity index is 2.02. The maximum Gasteiger partial charge on any atom is 0.501 e. The molecule has 0 bridgehead atoms. The molecule has 0 spiro atoms. The molecular weight excluding hydrogens is 433 g/mol. The van der Waals surface area contributed by atoms with Gasteiger partial charge in [0, 0.05) is 37.3 Å². The van der Waals surface area contributed by atoms with Crippen LogP contribution in [-0.4, -0.2) is 49.8 Å². The average molecular weight is 454 g/mol. The molecule has 2 aromatic rings. The van der Waals surface area contributed by atoms with Crippen LogP contribution in [0.15, 0.2) is 59.5 Å². The van der Waals surface area contributed by atoms with Crippen LogP contribution < -0.4 is 4.90 Å². The van der Waals surface area contributed by atoms with Gasteiger partial charge in [0.2, 0.25) is 5.91 Å². The summed E-state index contributed by atoms with van der Waals surface area (Å²) in [5.41, 5.74) is -5.08. The maximum absolute atomic E-state index is 13.3. The normalized spacial score (nSPS) is 15.5. The first-order chi connectivity index (χ1) is 14.5. The highest BCUT2D eigenvalue weighted by Crippen LogP contribution is 2.33. The third-order valence-electron chi connectivity index (χ3n) is 5.23. The van der Waals surface area contributed by atoms with E-state index in [1.807, 2.05) is 0 Å². The maximum atomic E-state index is 13.3. The summed E-state index contributed by atoms with van der Waals surface area (Å²) in [6.45, 7) is 2.22. The van der Waals surface area contributed by atoms with Crippen molar-refractivity contribution in [2.24, 2.45) is 0 Å². The number of carbonyl (C=O) groups is 2. The van der Waals surface area contributed by atoms with Crippen LogP contribution in [0.2, 0.25) is 0 Å². The molecular formula is C21H21F3N2O4S. The van der Waals surface area contributed by atoms with Crippen molar-refractivity contribution in [3.8, 4) is 0 Å². The molecule has 3 rings (SSSR count). The second-order valence-corrected chi connectivity index (χ2v) is 9.17. The summed E-state index contributed by atoms with van der Waals surface area (Å²) in [4.78, 5) is 27.0. The number of hydrogen-bond donors (Lipinski definition) is 0. The second kappa shape index (κ2) is 8.70. The minimum Gasteiger partial charge on any atom is -0.343 e. The number of anilines is 1. The molecule has 0 atom stereocenters. The Morgan fingerprint density at radius 3 is 2.16 bits per heavy atom. The standard InChI is InChI=1S/C21H21F3N2O4S/c1-15(27)25-12-10-17(11-13-25)26(20(28)16-6-3-2-4-7-16)18-8-5-9-19(14-18)31(29,30)21(22,23)24/h2-9,14,17H,10-13H2,1H3. The van der Waals surface area contributed by atoms with E-state index in [2.05, 4.69) is 0 Å². The number of piperidine rings is 1. The molecule has 166 valence electrons. The molecule has 0 aromatic heterocycles. The van der Waals surface area contributed by atoms with Crippen molar-refractivity contribution in [1.82, 2.24) is 4.90 Å². The highest BCUT2D eigenvalue weighted by atomic mass is 32.2. The third kappa shape index (κ3) is 4.73. The molecule has 1 aliphatic rings. The Bertz CT molecular complexity index is 1060. The second-order valence-electron chi connectivity index (χ2n) is 7.22. The number of likely N-dealkylation sites (tertiary alicyclic amines) is 1. The largest absolute Gasteiger partial charge is 0.501 e. The summed E-state index contributed by atoms with van der Waals surface area (Å²) in [5, 5.41) is 0. The van der Waals surface area contributed by atoms with Gasteiger partial charge in [-0.2, -0.15) is 13.2 Å². The highest BCUT2D eigenvalue weighted by Gasteiger charge is 2.47. The third-order valence-corrected chi connectivity index (χ3v) is 6.71. The lowest BCUT2D eigenvalue weighted by Crippen LogP contribution is -2.48. The van der Waals surface area contributed by atoms with Crippen molar-refractivity contribution in [3.05, 3.63) is 60.2 Å². The first-order valence-corrected chi connectivity index (χ1v) is 11.1. The molecule has 0 saturated carbocycles. The van der Waals surface area contributed by atoms with E-state index in [1.54, 1.807) is 35.2 Å². The molecule has 1 heterocycles. The van der Waals surface area contributed by atoms with Crippen molar-refractivity contribution >= 4 is 27.3 Å². The number of sulfone groups is 1. The van der Waals surface area contributed by atoms with Gasteiger partial charge in [-0.25, -0.2) is 8.42 Å². The Morgan fingerprint density at radius 1 is 1.00 bits per heavy atom. The van der Waals surface area contributed by atoms with Gasteiger partial charge in [0.1, 0.15) is 0 Å². The van der Waals surface area contributed by atoms with Crippen LogP contribution in [0.3, 0.4) is 0 Å². The van der Waals surface area contributed by atoms with E-state index in [-0.39, 0.29) is 11.6 Å². The molecule has 0 N–H and O–H groups in total. The van der Waals surface area contributed by atoms with Gasteiger partial charge < -0.3 is 9.80 Å². The van der Waals surface area contributed by atoms with E-state index in [0.29, 0.717) is 31.5 Å². The van der Waals surface area contributed by atoms with Gasteiger partial charge in [0.25, 0.3) is 15.7 Å². The van der Waals surface area contributed by atoms with E-state index < -0.39 is 32.2 Å². The number of alkyl halides is 3. The fourth-order valence-corrected chi connectivity index (χ4v) is 4.39. The lowest BCUT2D eigenvalue weighted by Gasteiger charge is -2.38. The number of carbonyl (C=O) groups excluding carboxylic acids is 2. The van der Waals surface area contributed by atoms with E-state index in [0.717, 1.165) is 12.1 Å². The SMILES string of the molecule is CC(=O)N1CCC(N(C(=O)c2ccccc2)c2cccc(S(=O)(=O)C(F)(F)F)c2)CC1. The first-order valence-electron chi connectivity index (χ1n) is 9.58. The smallest absolute Gasteiger partial charge is 0.343 e. The minimum atomic E-state index is -5.56. The molecule has 6 nitrogen and oxygen atoms in total. The number of hydrogen-bond acceptors (Lipinski definition) is 4. The van der Waals surface area contributed by atoms with Gasteiger partial charge >= 0.3 is 5.51 Å². The van der Waals surface area contributed by atoms with Gasteiger partial charge in [-0.05, 0) is 43.2 Å². The molecule has 1 saturated heterocycles. The summed E-state index contributed by atoms with van der Waals surface area (Å²) >= 11 is 0. The van der Waals surface area contributed by atoms with Gasteiger partial charge in [-0.15, -0.1) is 0 Å². The van der Waals surface area contributed by atoms with Crippen molar-refractivity contribution < 1.29 is 31.2 Å². The Morgan fingerprint density at radius 2 is 1.61 bits per heavy atom. The van der Waals surface area contributed by atoms with Crippen molar-refractivity contribution in [1.29, 1.82) is 0 Å². The van der Waals surface area contributed by atoms with Crippen LogP contribution in [0.5, 0.6) is 0 Å². The first kappa shape index (κ1) is 22.8. The number of rotatable bonds is 4. The predicted octanol–water partition coefficient (Wildman–Crippen LogP) is 3.64. The fraction of sp³-hybridized carbons (Fsp3) is 0.333. The van der Waals surface area contributed by atoms with Crippen LogP contribution in [0.25, 0.3) is 0 Å². The van der Waals surface area contributed by atoms with Gasteiger partial charge in [0.05, 0.1) is 4.90 Å². The van der Waals surface area contributed by atoms with Crippen LogP contribution in [0.4, 0.5) is 18.9 Å². The van der Waals surface area contributed by atoms with Crippen LogP contribution >= 0.6 is 0 Å². The fourth-order valence-electron chi connectivity index (χ4n) is 3.59. The average Bonchev–Trinajstić information content (AvgIpc) is 2.74. The molecule has 0 unspecified atom stereocenters. The number of nitrogens with zero attached hydrogens (tertiary/aromatic N) is 2. The zero-order valence-corrected chi connectivity index (χ0v) is 17.5.